The third kappa shape index (κ3) is 1.76. The Morgan fingerprint density at radius 1 is 1.64 bits per heavy atom. The molecule has 0 spiro atoms. The summed E-state index contributed by atoms with van der Waals surface area (Å²) in [7, 11) is 1.79. The van der Waals surface area contributed by atoms with Crippen molar-refractivity contribution >= 4 is 11.9 Å². The molecule has 0 radical (unpaired) electrons. The van der Waals surface area contributed by atoms with Crippen molar-refractivity contribution in [3.8, 4) is 0 Å². The van der Waals surface area contributed by atoms with E-state index in [1.807, 2.05) is 0 Å². The minimum Gasteiger partial charge on any atom is -0.265 e. The SMILES string of the molecule is CN1N/C1=N\NC(=O)c1cnccn1. The van der Waals surface area contributed by atoms with Crippen molar-refractivity contribution in [1.82, 2.24) is 25.8 Å². The number of nitrogens with one attached hydrogen (secondary N) is 2. The average molecular weight is 192 g/mol. The fraction of sp³-hybridized carbons (Fsp3) is 0.143. The van der Waals surface area contributed by atoms with Crippen LogP contribution in [0.25, 0.3) is 0 Å². The predicted molar refractivity (Wildman–Crippen MR) is 47.8 cm³/mol. The highest BCUT2D eigenvalue weighted by atomic mass is 16.2. The number of guanidine groups is 1. The molecule has 7 nitrogen and oxygen atoms in total. The molecule has 0 aromatic carbocycles. The van der Waals surface area contributed by atoms with Crippen LogP contribution in [0.15, 0.2) is 23.7 Å². The Hall–Kier alpha value is -2.18. The number of aromatic nitrogens is 2. The zero-order valence-corrected chi connectivity index (χ0v) is 7.43. The van der Waals surface area contributed by atoms with Gasteiger partial charge < -0.3 is 0 Å². The van der Waals surface area contributed by atoms with Crippen molar-refractivity contribution in [1.29, 1.82) is 0 Å². The number of nitrogens with zero attached hydrogens (tertiary/aromatic N) is 4. The molecule has 2 heterocycles. The first-order chi connectivity index (χ1) is 6.77. The monoisotopic (exact) mass is 192 g/mol. The van der Waals surface area contributed by atoms with E-state index in [-0.39, 0.29) is 11.6 Å². The lowest BCUT2D eigenvalue weighted by molar-refractivity contribution is 0.0949. The topological polar surface area (TPSA) is 92.2 Å². The van der Waals surface area contributed by atoms with Crippen LogP contribution in [-0.2, 0) is 0 Å². The highest BCUT2D eigenvalue weighted by molar-refractivity contribution is 5.95. The van der Waals surface area contributed by atoms with E-state index >= 15 is 0 Å². The van der Waals surface area contributed by atoms with Gasteiger partial charge in [-0.3, -0.25) is 20.2 Å². The molecule has 1 aliphatic heterocycles. The van der Waals surface area contributed by atoms with Crippen LogP contribution in [0.1, 0.15) is 10.5 Å². The molecule has 0 atom stereocenters. The van der Waals surface area contributed by atoms with E-state index in [1.54, 1.807) is 12.1 Å². The molecular weight excluding hydrogens is 184 g/mol. The minimum atomic E-state index is -0.382. The second-order valence-corrected chi connectivity index (χ2v) is 2.64. The van der Waals surface area contributed by atoms with E-state index in [0.29, 0.717) is 5.96 Å². The lowest BCUT2D eigenvalue weighted by atomic mass is 10.4. The lowest BCUT2D eigenvalue weighted by Gasteiger charge is -1.95. The molecular formula is C7H8N6O. The van der Waals surface area contributed by atoms with Gasteiger partial charge in [-0.1, -0.05) is 0 Å². The molecule has 1 aliphatic rings. The maximum Gasteiger partial charge on any atom is 0.291 e. The first-order valence-corrected chi connectivity index (χ1v) is 3.92. The molecule has 14 heavy (non-hydrogen) atoms. The molecule has 7 heteroatoms. The zero-order chi connectivity index (χ0) is 9.97. The Morgan fingerprint density at radius 2 is 2.43 bits per heavy atom. The van der Waals surface area contributed by atoms with Crippen molar-refractivity contribution in [2.45, 2.75) is 0 Å². The van der Waals surface area contributed by atoms with Gasteiger partial charge in [0.1, 0.15) is 5.69 Å². The van der Waals surface area contributed by atoms with Gasteiger partial charge in [0, 0.05) is 19.4 Å². The van der Waals surface area contributed by atoms with Gasteiger partial charge in [0.05, 0.1) is 6.20 Å². The Kier molecular flexibility index (Phi) is 1.98. The maximum absolute atomic E-state index is 11.3. The highest BCUT2D eigenvalue weighted by Gasteiger charge is 2.21. The van der Waals surface area contributed by atoms with Crippen LogP contribution in [0.5, 0.6) is 0 Å². The third-order valence-electron chi connectivity index (χ3n) is 1.59. The molecule has 1 saturated heterocycles. The summed E-state index contributed by atoms with van der Waals surface area (Å²) < 4.78 is 0. The van der Waals surface area contributed by atoms with Crippen molar-refractivity contribution in [2.75, 3.05) is 7.05 Å². The van der Waals surface area contributed by atoms with Crippen LogP contribution in [0.3, 0.4) is 0 Å². The summed E-state index contributed by atoms with van der Waals surface area (Å²) in [4.78, 5) is 18.9. The van der Waals surface area contributed by atoms with Crippen molar-refractivity contribution in [2.24, 2.45) is 5.10 Å². The molecule has 0 bridgehead atoms. The van der Waals surface area contributed by atoms with Crippen LogP contribution in [-0.4, -0.2) is 33.9 Å². The standard InChI is InChI=1S/C7H8N6O/c1-13-7(12-13)11-10-6(14)5-4-8-2-3-9-5/h2-4H,1H3,(H,10,14)(H,11,12). The molecule has 0 unspecified atom stereocenters. The van der Waals surface area contributed by atoms with E-state index in [2.05, 4.69) is 25.9 Å². The second kappa shape index (κ2) is 3.29. The maximum atomic E-state index is 11.3. The van der Waals surface area contributed by atoms with Gasteiger partial charge >= 0.3 is 0 Å². The van der Waals surface area contributed by atoms with Gasteiger partial charge in [-0.05, 0) is 0 Å². The third-order valence-corrected chi connectivity index (χ3v) is 1.59. The van der Waals surface area contributed by atoms with Crippen LogP contribution < -0.4 is 10.9 Å². The minimum absolute atomic E-state index is 0.236. The van der Waals surface area contributed by atoms with Crippen LogP contribution in [0, 0.1) is 0 Å². The van der Waals surface area contributed by atoms with E-state index in [1.165, 1.54) is 18.6 Å². The second-order valence-electron chi connectivity index (χ2n) is 2.64. The highest BCUT2D eigenvalue weighted by Crippen LogP contribution is 1.94. The summed E-state index contributed by atoms with van der Waals surface area (Å²) in [6.07, 6.45) is 4.32. The Morgan fingerprint density at radius 3 is 3.00 bits per heavy atom. The average Bonchev–Trinajstić information content (AvgIpc) is 2.92. The lowest BCUT2D eigenvalue weighted by Crippen LogP contribution is -2.19. The van der Waals surface area contributed by atoms with Crippen molar-refractivity contribution in [3.63, 3.8) is 0 Å². The zero-order valence-electron chi connectivity index (χ0n) is 7.43. The molecule has 1 amide bonds. The van der Waals surface area contributed by atoms with Gasteiger partial charge in [-0.2, -0.15) is 0 Å². The van der Waals surface area contributed by atoms with E-state index in [0.717, 1.165) is 0 Å². The van der Waals surface area contributed by atoms with Gasteiger partial charge in [-0.25, -0.2) is 10.4 Å². The number of hydrazone groups is 1. The van der Waals surface area contributed by atoms with Gasteiger partial charge in [0.15, 0.2) is 0 Å². The largest absolute Gasteiger partial charge is 0.291 e. The summed E-state index contributed by atoms with van der Waals surface area (Å²) in [6.45, 7) is 0. The van der Waals surface area contributed by atoms with Crippen molar-refractivity contribution in [3.05, 3.63) is 24.3 Å². The Labute approximate surface area is 79.8 Å². The number of hydrazine groups is 1. The number of carbonyl (C=O) groups excluding carboxylic acids is 1. The Balaban J connectivity index is 1.97. The fourth-order valence-corrected chi connectivity index (χ4v) is 0.802. The summed E-state index contributed by atoms with van der Waals surface area (Å²) >= 11 is 0. The van der Waals surface area contributed by atoms with E-state index < -0.39 is 0 Å². The quantitative estimate of drug-likeness (QED) is 0.459. The number of amides is 1. The van der Waals surface area contributed by atoms with Crippen LogP contribution >= 0.6 is 0 Å². The normalized spacial score (nSPS) is 16.4. The molecule has 2 rings (SSSR count). The molecule has 1 aromatic heterocycles. The molecule has 0 saturated carbocycles. The van der Waals surface area contributed by atoms with Gasteiger partial charge in [0.25, 0.3) is 11.9 Å². The molecule has 0 aliphatic carbocycles. The summed E-state index contributed by atoms with van der Waals surface area (Å²) in [5.74, 6) is 0.231. The Bertz CT molecular complexity index is 375. The van der Waals surface area contributed by atoms with Crippen LogP contribution in [0.2, 0.25) is 0 Å². The first kappa shape index (κ1) is 8.42. The van der Waals surface area contributed by atoms with E-state index in [4.69, 9.17) is 0 Å². The van der Waals surface area contributed by atoms with Crippen molar-refractivity contribution < 1.29 is 4.79 Å². The number of rotatable bonds is 2. The van der Waals surface area contributed by atoms with Crippen LogP contribution in [0.4, 0.5) is 0 Å². The summed E-state index contributed by atoms with van der Waals surface area (Å²) in [5.41, 5.74) is 5.34. The molecule has 72 valence electrons. The number of hydrogen-bond acceptors (Lipinski definition) is 4. The predicted octanol–water partition coefficient (Wildman–Crippen LogP) is -1.07. The number of carbonyl (C=O) groups is 1. The molecule has 1 fully saturated rings. The summed E-state index contributed by atoms with van der Waals surface area (Å²) in [6, 6.07) is 0. The molecule has 1 aromatic rings. The van der Waals surface area contributed by atoms with E-state index in [9.17, 15) is 4.79 Å². The first-order valence-electron chi connectivity index (χ1n) is 3.92. The fourth-order valence-electron chi connectivity index (χ4n) is 0.802. The summed E-state index contributed by atoms with van der Waals surface area (Å²) in [5, 5.41) is 5.42. The smallest absolute Gasteiger partial charge is 0.265 e. The van der Waals surface area contributed by atoms with Gasteiger partial charge in [-0.15, -0.1) is 5.10 Å². The van der Waals surface area contributed by atoms with Gasteiger partial charge in [0.2, 0.25) is 0 Å². The molecule has 2 N–H and O–H groups in total. The number of hydrogen-bond donors (Lipinski definition) is 2.